The number of hydrogen-bond acceptors (Lipinski definition) is 6. The summed E-state index contributed by atoms with van der Waals surface area (Å²) in [5, 5.41) is 4.99. The molecule has 7 nitrogen and oxygen atoms in total. The van der Waals surface area contributed by atoms with Gasteiger partial charge in [0, 0.05) is 36.6 Å². The lowest BCUT2D eigenvalue weighted by Crippen LogP contribution is -2.43. The number of carbonyl (C=O) groups is 1. The summed E-state index contributed by atoms with van der Waals surface area (Å²) in [6.07, 6.45) is 0.642. The zero-order chi connectivity index (χ0) is 23.8. The average Bonchev–Trinajstić information content (AvgIpc) is 3.39. The van der Waals surface area contributed by atoms with Crippen LogP contribution in [0.25, 0.3) is 0 Å². The Morgan fingerprint density at radius 1 is 1.00 bits per heavy atom. The van der Waals surface area contributed by atoms with Gasteiger partial charge >= 0.3 is 0 Å². The van der Waals surface area contributed by atoms with Crippen LogP contribution in [0.2, 0.25) is 0 Å². The molecule has 1 fully saturated rings. The van der Waals surface area contributed by atoms with Crippen LogP contribution in [0.1, 0.15) is 26.8 Å². The Morgan fingerprint density at radius 2 is 1.74 bits per heavy atom. The Hall–Kier alpha value is -2.56. The third-order valence-corrected chi connectivity index (χ3v) is 8.21. The summed E-state index contributed by atoms with van der Waals surface area (Å²) in [4.78, 5) is 16.4. The van der Waals surface area contributed by atoms with E-state index in [-0.39, 0.29) is 16.8 Å². The number of rotatable bonds is 10. The van der Waals surface area contributed by atoms with E-state index in [9.17, 15) is 13.2 Å². The molecule has 34 heavy (non-hydrogen) atoms. The highest BCUT2D eigenvalue weighted by Gasteiger charge is 2.23. The van der Waals surface area contributed by atoms with E-state index in [1.54, 1.807) is 23.5 Å². The number of sulfonamides is 1. The van der Waals surface area contributed by atoms with Gasteiger partial charge in [0.1, 0.15) is 0 Å². The van der Waals surface area contributed by atoms with Crippen molar-refractivity contribution in [1.82, 2.24) is 14.9 Å². The second kappa shape index (κ2) is 11.7. The lowest BCUT2D eigenvalue weighted by molar-refractivity contribution is 0.0162. The third kappa shape index (κ3) is 6.52. The van der Waals surface area contributed by atoms with Crippen LogP contribution >= 0.6 is 11.3 Å². The highest BCUT2D eigenvalue weighted by molar-refractivity contribution is 7.89. The molecular weight excluding hydrogens is 470 g/mol. The first kappa shape index (κ1) is 24.6. The Balaban J connectivity index is 1.35. The first-order chi connectivity index (χ1) is 16.5. The molecule has 180 valence electrons. The molecule has 4 rings (SSSR count). The number of morpholine rings is 1. The number of benzene rings is 2. The van der Waals surface area contributed by atoms with Crippen LogP contribution in [0.15, 0.2) is 77.0 Å². The molecule has 0 bridgehead atoms. The normalized spacial score (nSPS) is 15.6. The summed E-state index contributed by atoms with van der Waals surface area (Å²) in [6.45, 7) is 3.74. The predicted octanol–water partition coefficient (Wildman–Crippen LogP) is 3.07. The van der Waals surface area contributed by atoms with Gasteiger partial charge in [0.15, 0.2) is 0 Å². The second-order valence-corrected chi connectivity index (χ2v) is 10.8. The summed E-state index contributed by atoms with van der Waals surface area (Å²) in [6, 6.07) is 20.1. The van der Waals surface area contributed by atoms with Crippen molar-refractivity contribution in [2.75, 3.05) is 39.4 Å². The van der Waals surface area contributed by atoms with Crippen molar-refractivity contribution in [2.45, 2.75) is 17.4 Å². The predicted molar refractivity (Wildman–Crippen MR) is 134 cm³/mol. The Bertz CT molecular complexity index is 1140. The second-order valence-electron chi connectivity index (χ2n) is 8.04. The summed E-state index contributed by atoms with van der Waals surface area (Å²) in [5.41, 5.74) is 1.56. The van der Waals surface area contributed by atoms with Gasteiger partial charge in [0.2, 0.25) is 10.0 Å². The molecule has 0 aliphatic carbocycles. The number of nitrogens with zero attached hydrogens (tertiary/aromatic N) is 1. The van der Waals surface area contributed by atoms with Crippen LogP contribution in [0, 0.1) is 0 Å². The molecule has 2 aromatic carbocycles. The molecule has 1 saturated heterocycles. The third-order valence-electron chi connectivity index (χ3n) is 5.80. The lowest BCUT2D eigenvalue weighted by Gasteiger charge is -2.35. The van der Waals surface area contributed by atoms with Gasteiger partial charge in [-0.25, -0.2) is 13.1 Å². The van der Waals surface area contributed by atoms with Crippen molar-refractivity contribution in [3.8, 4) is 0 Å². The number of hydrogen-bond donors (Lipinski definition) is 2. The van der Waals surface area contributed by atoms with Gasteiger partial charge in [0.25, 0.3) is 5.91 Å². The van der Waals surface area contributed by atoms with Gasteiger partial charge in [-0.1, -0.05) is 36.4 Å². The van der Waals surface area contributed by atoms with E-state index in [1.807, 2.05) is 35.7 Å². The van der Waals surface area contributed by atoms with Crippen molar-refractivity contribution in [1.29, 1.82) is 0 Å². The number of ether oxygens (including phenoxy) is 1. The smallest absolute Gasteiger partial charge is 0.251 e. The molecule has 1 amide bonds. The standard InChI is InChI=1S/C25H29N3O4S2/c29-25(26-19-24(20-5-2-1-3-6-20)28-14-16-32-17-15-28)21-8-10-23(11-9-21)34(30,31)27-13-12-22-7-4-18-33-22/h1-11,18,24,27H,12-17,19H2,(H,26,29). The minimum atomic E-state index is -3.63. The molecular formula is C25H29N3O4S2. The van der Waals surface area contributed by atoms with Crippen molar-refractivity contribution in [3.05, 3.63) is 88.1 Å². The lowest BCUT2D eigenvalue weighted by atomic mass is 10.0. The van der Waals surface area contributed by atoms with E-state index >= 15 is 0 Å². The summed E-state index contributed by atoms with van der Waals surface area (Å²) in [5.74, 6) is -0.233. The number of carbonyl (C=O) groups excluding carboxylic acids is 1. The Kier molecular flexibility index (Phi) is 8.47. The van der Waals surface area contributed by atoms with Crippen molar-refractivity contribution in [3.63, 3.8) is 0 Å². The maximum atomic E-state index is 12.8. The van der Waals surface area contributed by atoms with Gasteiger partial charge in [0.05, 0.1) is 24.2 Å². The molecule has 3 aromatic rings. The first-order valence-electron chi connectivity index (χ1n) is 11.3. The van der Waals surface area contributed by atoms with Crippen molar-refractivity contribution in [2.24, 2.45) is 0 Å². The molecule has 1 unspecified atom stereocenters. The van der Waals surface area contributed by atoms with Crippen LogP contribution < -0.4 is 10.0 Å². The minimum absolute atomic E-state index is 0.0428. The van der Waals surface area contributed by atoms with E-state index in [0.717, 1.165) is 23.5 Å². The van der Waals surface area contributed by atoms with E-state index in [0.29, 0.717) is 38.3 Å². The zero-order valence-corrected chi connectivity index (χ0v) is 20.5. The molecule has 0 radical (unpaired) electrons. The maximum absolute atomic E-state index is 12.8. The number of thiophene rings is 1. The average molecular weight is 500 g/mol. The highest BCUT2D eigenvalue weighted by Crippen LogP contribution is 2.21. The molecule has 0 spiro atoms. The monoisotopic (exact) mass is 499 g/mol. The van der Waals surface area contributed by atoms with E-state index in [2.05, 4.69) is 27.1 Å². The fourth-order valence-corrected chi connectivity index (χ4v) is 5.69. The van der Waals surface area contributed by atoms with Crippen LogP contribution in [-0.4, -0.2) is 58.6 Å². The van der Waals surface area contributed by atoms with Crippen molar-refractivity contribution < 1.29 is 17.9 Å². The molecule has 1 aliphatic heterocycles. The molecule has 0 saturated carbocycles. The molecule has 1 aromatic heterocycles. The van der Waals surface area contributed by atoms with Crippen LogP contribution in [-0.2, 0) is 21.2 Å². The largest absolute Gasteiger partial charge is 0.379 e. The Morgan fingerprint density at radius 3 is 2.41 bits per heavy atom. The molecule has 1 atom stereocenters. The van der Waals surface area contributed by atoms with Gasteiger partial charge in [-0.15, -0.1) is 11.3 Å². The zero-order valence-electron chi connectivity index (χ0n) is 18.9. The van der Waals surface area contributed by atoms with Gasteiger partial charge < -0.3 is 10.1 Å². The topological polar surface area (TPSA) is 87.7 Å². The van der Waals surface area contributed by atoms with Gasteiger partial charge in [-0.05, 0) is 47.7 Å². The Labute approximate surface area is 204 Å². The van der Waals surface area contributed by atoms with Gasteiger partial charge in [-0.2, -0.15) is 0 Å². The van der Waals surface area contributed by atoms with Crippen LogP contribution in [0.5, 0.6) is 0 Å². The maximum Gasteiger partial charge on any atom is 0.251 e. The van der Waals surface area contributed by atoms with E-state index in [1.165, 1.54) is 12.1 Å². The number of amides is 1. The fourth-order valence-electron chi connectivity index (χ4n) is 3.95. The molecule has 2 heterocycles. The van der Waals surface area contributed by atoms with Crippen LogP contribution in [0.4, 0.5) is 0 Å². The highest BCUT2D eigenvalue weighted by atomic mass is 32.2. The van der Waals surface area contributed by atoms with Crippen LogP contribution in [0.3, 0.4) is 0 Å². The SMILES string of the molecule is O=C(NCC(c1ccccc1)N1CCOCC1)c1ccc(S(=O)(=O)NCCc2cccs2)cc1. The first-order valence-corrected chi connectivity index (χ1v) is 13.7. The molecule has 9 heteroatoms. The summed E-state index contributed by atoms with van der Waals surface area (Å²) < 4.78 is 33.2. The van der Waals surface area contributed by atoms with Gasteiger partial charge in [-0.3, -0.25) is 9.69 Å². The van der Waals surface area contributed by atoms with E-state index < -0.39 is 10.0 Å². The molecule has 2 N–H and O–H groups in total. The summed E-state index contributed by atoms with van der Waals surface area (Å²) in [7, 11) is -3.63. The number of nitrogens with one attached hydrogen (secondary N) is 2. The molecule has 1 aliphatic rings. The van der Waals surface area contributed by atoms with E-state index in [4.69, 9.17) is 4.74 Å². The van der Waals surface area contributed by atoms with Crippen molar-refractivity contribution >= 4 is 27.3 Å². The minimum Gasteiger partial charge on any atom is -0.379 e. The summed E-state index contributed by atoms with van der Waals surface area (Å²) >= 11 is 1.60. The quantitative estimate of drug-likeness (QED) is 0.448. The fraction of sp³-hybridized carbons (Fsp3) is 0.320.